The van der Waals surface area contributed by atoms with Gasteiger partial charge in [-0.3, -0.25) is 9.78 Å². The highest BCUT2D eigenvalue weighted by Crippen LogP contribution is 2.44. The Hall–Kier alpha value is -3.46. The lowest BCUT2D eigenvalue weighted by Gasteiger charge is -2.39. The van der Waals surface area contributed by atoms with Crippen LogP contribution in [0.5, 0.6) is 5.75 Å². The van der Waals surface area contributed by atoms with Crippen molar-refractivity contribution < 1.29 is 24.5 Å². The number of carbonyl (C=O) groups is 1. The lowest BCUT2D eigenvalue weighted by molar-refractivity contribution is 0.102. The Balaban J connectivity index is 0.00000228. The van der Waals surface area contributed by atoms with Crippen LogP contribution in [0.4, 0.5) is 18.9 Å². The van der Waals surface area contributed by atoms with Gasteiger partial charge in [-0.05, 0) is 54.4 Å². The van der Waals surface area contributed by atoms with Gasteiger partial charge < -0.3 is 16.2 Å². The number of rotatable bonds is 4. The molecule has 9 heteroatoms. The molecule has 0 spiro atoms. The fourth-order valence-electron chi connectivity index (χ4n) is 4.81. The molecule has 1 aliphatic rings. The van der Waals surface area contributed by atoms with Crippen molar-refractivity contribution in [2.45, 2.75) is 52.5 Å². The first-order chi connectivity index (χ1) is 16.0. The van der Waals surface area contributed by atoms with Gasteiger partial charge in [0.1, 0.15) is 34.6 Å². The van der Waals surface area contributed by atoms with E-state index in [4.69, 9.17) is 5.73 Å². The summed E-state index contributed by atoms with van der Waals surface area (Å²) < 4.78 is 43.0. The molecule has 0 unspecified atom stereocenters. The molecule has 0 aliphatic heterocycles. The van der Waals surface area contributed by atoms with Gasteiger partial charge in [-0.15, -0.1) is 0 Å². The Kier molecular flexibility index (Phi) is 7.50. The lowest BCUT2D eigenvalue weighted by Crippen LogP contribution is -2.36. The summed E-state index contributed by atoms with van der Waals surface area (Å²) in [7, 11) is 0. The molecule has 6 nitrogen and oxygen atoms in total. The smallest absolute Gasteiger partial charge is 0.274 e. The molecule has 2 aromatic heterocycles. The lowest BCUT2D eigenvalue weighted by atomic mass is 9.68. The van der Waals surface area contributed by atoms with Crippen LogP contribution in [-0.2, 0) is 0 Å². The Labute approximate surface area is 203 Å². The Morgan fingerprint density at radius 3 is 2.49 bits per heavy atom. The number of anilines is 1. The fraction of sp³-hybridized carbons (Fsp3) is 0.346. The third-order valence-electron chi connectivity index (χ3n) is 6.09. The first-order valence-corrected chi connectivity index (χ1v) is 10.9. The number of aromatic hydroxyl groups is 1. The van der Waals surface area contributed by atoms with Crippen molar-refractivity contribution in [3.8, 4) is 17.0 Å². The van der Waals surface area contributed by atoms with Crippen LogP contribution in [-0.4, -0.2) is 27.0 Å². The molecule has 0 radical (unpaired) electrons. The van der Waals surface area contributed by atoms with Crippen molar-refractivity contribution in [2.75, 3.05) is 5.32 Å². The minimum absolute atomic E-state index is 0. The molecule has 2 atom stereocenters. The summed E-state index contributed by atoms with van der Waals surface area (Å²) >= 11 is 0. The van der Waals surface area contributed by atoms with Gasteiger partial charge in [0.15, 0.2) is 0 Å². The molecular weight excluding hydrogens is 457 g/mol. The molecule has 0 bridgehead atoms. The summed E-state index contributed by atoms with van der Waals surface area (Å²) in [5.41, 5.74) is 5.98. The number of phenols is 1. The monoisotopic (exact) mass is 488 g/mol. The van der Waals surface area contributed by atoms with Gasteiger partial charge in [-0.25, -0.2) is 18.2 Å². The summed E-state index contributed by atoms with van der Waals surface area (Å²) in [5.74, 6) is -4.65. The predicted octanol–water partition coefficient (Wildman–Crippen LogP) is 6.02. The zero-order valence-electron chi connectivity index (χ0n) is 18.8. The standard InChI is InChI=1S/C25H25F3N4O2.CH4.H2/c1-25(2)10-13(7-14(29)11-25)16-5-6-30-12-21(16)32-24(34)20-4-3-17(26)23(31-20)22-18(27)8-15(33)9-19(22)28;;/h3-6,8-9,12-14,33H,7,10-11,29H2,1-2H3,(H,32,34);1H4;1H/t13-,14+;;/m0../s1. The van der Waals surface area contributed by atoms with E-state index >= 15 is 0 Å². The van der Waals surface area contributed by atoms with Crippen LogP contribution >= 0.6 is 0 Å². The predicted molar refractivity (Wildman–Crippen MR) is 131 cm³/mol. The molecule has 0 saturated heterocycles. The maximum atomic E-state index is 14.4. The minimum atomic E-state index is -1.20. The van der Waals surface area contributed by atoms with Crippen molar-refractivity contribution in [1.82, 2.24) is 9.97 Å². The van der Waals surface area contributed by atoms with Gasteiger partial charge in [-0.2, -0.15) is 0 Å². The van der Waals surface area contributed by atoms with Crippen molar-refractivity contribution in [1.29, 1.82) is 0 Å². The molecule has 1 saturated carbocycles. The first-order valence-electron chi connectivity index (χ1n) is 10.9. The highest BCUT2D eigenvalue weighted by molar-refractivity contribution is 6.03. The normalized spacial score (nSPS) is 19.0. The van der Waals surface area contributed by atoms with E-state index in [1.807, 2.05) is 6.07 Å². The van der Waals surface area contributed by atoms with E-state index in [1.165, 1.54) is 6.20 Å². The molecule has 4 N–H and O–H groups in total. The summed E-state index contributed by atoms with van der Waals surface area (Å²) in [5, 5.41) is 12.1. The maximum absolute atomic E-state index is 14.4. The molecule has 1 fully saturated rings. The van der Waals surface area contributed by atoms with Crippen molar-refractivity contribution >= 4 is 11.6 Å². The molecule has 4 rings (SSSR count). The summed E-state index contributed by atoms with van der Waals surface area (Å²) in [4.78, 5) is 21.0. The van der Waals surface area contributed by atoms with Crippen LogP contribution in [0.25, 0.3) is 11.3 Å². The van der Waals surface area contributed by atoms with Crippen molar-refractivity contribution in [3.63, 3.8) is 0 Å². The number of nitrogens with zero attached hydrogens (tertiary/aromatic N) is 2. The van der Waals surface area contributed by atoms with Gasteiger partial charge in [0, 0.05) is 25.8 Å². The number of benzene rings is 1. The molecule has 2 heterocycles. The molecular formula is C26H31F3N4O2. The molecule has 188 valence electrons. The molecule has 1 amide bonds. The van der Waals surface area contributed by atoms with Gasteiger partial charge in [0.25, 0.3) is 5.91 Å². The average molecular weight is 489 g/mol. The number of pyridine rings is 2. The van der Waals surface area contributed by atoms with E-state index in [0.717, 1.165) is 37.0 Å². The van der Waals surface area contributed by atoms with E-state index in [1.54, 1.807) is 6.20 Å². The number of aromatic nitrogens is 2. The molecule has 35 heavy (non-hydrogen) atoms. The quantitative estimate of drug-likeness (QED) is 0.417. The number of hydrogen-bond donors (Lipinski definition) is 3. The van der Waals surface area contributed by atoms with Crippen LogP contribution in [0.1, 0.15) is 63.9 Å². The third-order valence-corrected chi connectivity index (χ3v) is 6.09. The minimum Gasteiger partial charge on any atom is -0.508 e. The topological polar surface area (TPSA) is 101 Å². The van der Waals surface area contributed by atoms with Crippen LogP contribution in [0.2, 0.25) is 0 Å². The van der Waals surface area contributed by atoms with E-state index in [2.05, 4.69) is 29.1 Å². The van der Waals surface area contributed by atoms with Crippen LogP contribution in [0.3, 0.4) is 0 Å². The number of carbonyl (C=O) groups excluding carboxylic acids is 1. The Morgan fingerprint density at radius 2 is 1.83 bits per heavy atom. The van der Waals surface area contributed by atoms with Gasteiger partial charge >= 0.3 is 0 Å². The second kappa shape index (κ2) is 10.0. The molecule has 3 aromatic rings. The Bertz CT molecular complexity index is 1230. The number of nitrogens with one attached hydrogen (secondary N) is 1. The largest absolute Gasteiger partial charge is 0.508 e. The first kappa shape index (κ1) is 26.2. The summed E-state index contributed by atoms with van der Waals surface area (Å²) in [6, 6.07) is 5.19. The zero-order chi connectivity index (χ0) is 24.6. The highest BCUT2D eigenvalue weighted by atomic mass is 19.1. The average Bonchev–Trinajstić information content (AvgIpc) is 2.73. The summed E-state index contributed by atoms with van der Waals surface area (Å²) in [6.07, 6.45) is 5.70. The second-order valence-corrected chi connectivity index (χ2v) is 9.49. The van der Waals surface area contributed by atoms with Crippen LogP contribution < -0.4 is 11.1 Å². The van der Waals surface area contributed by atoms with Crippen molar-refractivity contribution in [2.24, 2.45) is 11.1 Å². The van der Waals surface area contributed by atoms with Gasteiger partial charge in [0.2, 0.25) is 0 Å². The van der Waals surface area contributed by atoms with Gasteiger partial charge in [0.05, 0.1) is 17.4 Å². The molecule has 1 aromatic carbocycles. The number of nitrogens with two attached hydrogens (primary N) is 1. The fourth-order valence-corrected chi connectivity index (χ4v) is 4.81. The maximum Gasteiger partial charge on any atom is 0.274 e. The van der Waals surface area contributed by atoms with E-state index in [0.29, 0.717) is 17.8 Å². The second-order valence-electron chi connectivity index (χ2n) is 9.49. The zero-order valence-corrected chi connectivity index (χ0v) is 18.8. The van der Waals surface area contributed by atoms with Crippen LogP contribution in [0, 0.1) is 22.9 Å². The number of phenolic OH excluding ortho intramolecular Hbond substituents is 1. The van der Waals surface area contributed by atoms with Gasteiger partial charge in [-0.1, -0.05) is 21.3 Å². The number of halogens is 3. The summed E-state index contributed by atoms with van der Waals surface area (Å²) in [6.45, 7) is 4.31. The van der Waals surface area contributed by atoms with Crippen LogP contribution in [0.15, 0.2) is 42.7 Å². The van der Waals surface area contributed by atoms with Crippen molar-refractivity contribution in [3.05, 3.63) is 71.4 Å². The SMILES string of the molecule is C.CC1(C)C[C@H](N)C[C@H](c2ccncc2NC(=O)c2ccc(F)c(-c3c(F)cc(O)cc3F)n2)C1.[HH]. The van der Waals surface area contributed by atoms with E-state index < -0.39 is 40.4 Å². The molecule has 1 aliphatic carbocycles. The number of hydrogen-bond acceptors (Lipinski definition) is 5. The highest BCUT2D eigenvalue weighted by Gasteiger charge is 2.34. The Morgan fingerprint density at radius 1 is 1.14 bits per heavy atom. The van der Waals surface area contributed by atoms with E-state index in [-0.39, 0.29) is 31.9 Å². The van der Waals surface area contributed by atoms with E-state index in [9.17, 15) is 23.1 Å². The third kappa shape index (κ3) is 5.62. The number of amides is 1.